The highest BCUT2D eigenvalue weighted by molar-refractivity contribution is 5.93. The molecule has 2 aromatic carbocycles. The predicted octanol–water partition coefficient (Wildman–Crippen LogP) is 4.31. The first-order valence-corrected chi connectivity index (χ1v) is 10.0. The Hall–Kier alpha value is -3.35. The number of hydrogen-bond donors (Lipinski definition) is 1. The van der Waals surface area contributed by atoms with E-state index in [0.717, 1.165) is 16.5 Å². The number of amides is 3. The average molecular weight is 410 g/mol. The van der Waals surface area contributed by atoms with Gasteiger partial charge in [0.05, 0.1) is 0 Å². The summed E-state index contributed by atoms with van der Waals surface area (Å²) in [6, 6.07) is 13.4. The summed E-state index contributed by atoms with van der Waals surface area (Å²) in [4.78, 5) is 28.2. The van der Waals surface area contributed by atoms with E-state index in [1.807, 2.05) is 48.9 Å². The van der Waals surface area contributed by atoms with Crippen molar-refractivity contribution in [2.75, 3.05) is 25.5 Å². The van der Waals surface area contributed by atoms with E-state index >= 15 is 0 Å². The Bertz CT molecular complexity index is 1030. The van der Waals surface area contributed by atoms with Crippen LogP contribution in [-0.2, 0) is 17.9 Å². The summed E-state index contributed by atoms with van der Waals surface area (Å²) < 4.78 is 14.9. The molecule has 0 aliphatic heterocycles. The van der Waals surface area contributed by atoms with Gasteiger partial charge in [-0.2, -0.15) is 0 Å². The number of benzene rings is 2. The van der Waals surface area contributed by atoms with Gasteiger partial charge in [-0.05, 0) is 55.8 Å². The van der Waals surface area contributed by atoms with Crippen LogP contribution >= 0.6 is 0 Å². The molecular formula is C23H27FN4O2. The van der Waals surface area contributed by atoms with Crippen LogP contribution in [0.5, 0.6) is 0 Å². The monoisotopic (exact) mass is 410 g/mol. The van der Waals surface area contributed by atoms with Gasteiger partial charge in [0, 0.05) is 49.5 Å². The van der Waals surface area contributed by atoms with Gasteiger partial charge in [0.2, 0.25) is 5.91 Å². The van der Waals surface area contributed by atoms with Crippen LogP contribution in [-0.4, -0.2) is 46.4 Å². The fourth-order valence-electron chi connectivity index (χ4n) is 3.39. The Labute approximate surface area is 175 Å². The maximum atomic E-state index is 13.0. The average Bonchev–Trinajstić information content (AvgIpc) is 3.12. The van der Waals surface area contributed by atoms with Gasteiger partial charge in [-0.15, -0.1) is 0 Å². The number of urea groups is 1. The fourth-order valence-corrected chi connectivity index (χ4v) is 3.39. The summed E-state index contributed by atoms with van der Waals surface area (Å²) in [5.41, 5.74) is 2.46. The molecule has 1 aromatic heterocycles. The first-order chi connectivity index (χ1) is 14.4. The van der Waals surface area contributed by atoms with Crippen LogP contribution in [0.1, 0.15) is 19.4 Å². The lowest BCUT2D eigenvalue weighted by Crippen LogP contribution is -2.33. The van der Waals surface area contributed by atoms with Gasteiger partial charge < -0.3 is 19.7 Å². The van der Waals surface area contributed by atoms with Gasteiger partial charge in [-0.25, -0.2) is 9.18 Å². The smallest absolute Gasteiger partial charge is 0.321 e. The van der Waals surface area contributed by atoms with Crippen molar-refractivity contribution in [3.63, 3.8) is 0 Å². The highest BCUT2D eigenvalue weighted by Gasteiger charge is 2.13. The number of hydrogen-bond acceptors (Lipinski definition) is 2. The topological polar surface area (TPSA) is 57.6 Å². The number of anilines is 1. The second-order valence-corrected chi connectivity index (χ2v) is 7.20. The summed E-state index contributed by atoms with van der Waals surface area (Å²) in [7, 11) is 1.69. The summed E-state index contributed by atoms with van der Waals surface area (Å²) in [5, 5.41) is 3.83. The number of rotatable bonds is 7. The number of aromatic nitrogens is 1. The number of fused-ring (bicyclic) bond motifs is 1. The molecule has 0 saturated carbocycles. The van der Waals surface area contributed by atoms with E-state index in [1.54, 1.807) is 24.1 Å². The Balaban J connectivity index is 1.66. The van der Waals surface area contributed by atoms with Crippen molar-refractivity contribution in [1.29, 1.82) is 0 Å². The third-order valence-electron chi connectivity index (χ3n) is 5.12. The van der Waals surface area contributed by atoms with Gasteiger partial charge >= 0.3 is 6.03 Å². The third kappa shape index (κ3) is 4.97. The van der Waals surface area contributed by atoms with Crippen LogP contribution in [0.25, 0.3) is 10.9 Å². The summed E-state index contributed by atoms with van der Waals surface area (Å²) in [6.45, 7) is 5.98. The second-order valence-electron chi connectivity index (χ2n) is 7.20. The number of halogens is 1. The van der Waals surface area contributed by atoms with E-state index in [-0.39, 0.29) is 24.3 Å². The molecule has 0 fully saturated rings. The Kier molecular flexibility index (Phi) is 6.72. The zero-order chi connectivity index (χ0) is 21.7. The van der Waals surface area contributed by atoms with Crippen LogP contribution in [0, 0.1) is 5.82 Å². The lowest BCUT2D eigenvalue weighted by atomic mass is 10.2. The molecule has 3 aromatic rings. The molecule has 0 unspecified atom stereocenters. The maximum Gasteiger partial charge on any atom is 0.321 e. The molecule has 158 valence electrons. The zero-order valence-electron chi connectivity index (χ0n) is 17.6. The van der Waals surface area contributed by atoms with E-state index in [4.69, 9.17) is 0 Å². The molecule has 0 radical (unpaired) electrons. The van der Waals surface area contributed by atoms with Crippen molar-refractivity contribution in [3.05, 3.63) is 66.1 Å². The molecule has 0 aliphatic carbocycles. The molecule has 1 N–H and O–H groups in total. The number of nitrogens with zero attached hydrogens (tertiary/aromatic N) is 3. The van der Waals surface area contributed by atoms with Crippen molar-refractivity contribution in [3.8, 4) is 0 Å². The first-order valence-electron chi connectivity index (χ1n) is 10.0. The molecule has 6 nitrogen and oxygen atoms in total. The standard InChI is InChI=1S/C23H27FN4O2/c1-4-27(5-2)22(29)16-28-13-12-18-14-20(10-11-21(18)28)25-23(30)26(3)15-17-6-8-19(24)9-7-17/h6-14H,4-5,15-16H2,1-3H3,(H,25,30). The van der Waals surface area contributed by atoms with Gasteiger partial charge in [0.25, 0.3) is 0 Å². The van der Waals surface area contributed by atoms with Crippen LogP contribution in [0.3, 0.4) is 0 Å². The quantitative estimate of drug-likeness (QED) is 0.631. The van der Waals surface area contributed by atoms with Crippen molar-refractivity contribution in [2.24, 2.45) is 0 Å². The van der Waals surface area contributed by atoms with Crippen molar-refractivity contribution >= 4 is 28.5 Å². The van der Waals surface area contributed by atoms with Gasteiger partial charge in [0.15, 0.2) is 0 Å². The summed E-state index contributed by atoms with van der Waals surface area (Å²) >= 11 is 0. The van der Waals surface area contributed by atoms with Crippen LogP contribution in [0.15, 0.2) is 54.7 Å². The summed E-state index contributed by atoms with van der Waals surface area (Å²) in [5.74, 6) is -0.220. The SMILES string of the molecule is CCN(CC)C(=O)Cn1ccc2cc(NC(=O)N(C)Cc3ccc(F)cc3)ccc21. The van der Waals surface area contributed by atoms with Crippen LogP contribution in [0.4, 0.5) is 14.9 Å². The molecule has 0 spiro atoms. The summed E-state index contributed by atoms with van der Waals surface area (Å²) in [6.07, 6.45) is 1.89. The van der Waals surface area contributed by atoms with Gasteiger partial charge in [0.1, 0.15) is 12.4 Å². The third-order valence-corrected chi connectivity index (χ3v) is 5.12. The highest BCUT2D eigenvalue weighted by atomic mass is 19.1. The highest BCUT2D eigenvalue weighted by Crippen LogP contribution is 2.21. The van der Waals surface area contributed by atoms with Gasteiger partial charge in [-0.1, -0.05) is 12.1 Å². The molecule has 3 rings (SSSR count). The molecular weight excluding hydrogens is 383 g/mol. The molecule has 30 heavy (non-hydrogen) atoms. The lowest BCUT2D eigenvalue weighted by molar-refractivity contribution is -0.131. The molecule has 1 heterocycles. The first kappa shape index (κ1) is 21.4. The minimum Gasteiger partial charge on any atom is -0.342 e. The number of carbonyl (C=O) groups is 2. The minimum atomic E-state index is -0.301. The predicted molar refractivity (Wildman–Crippen MR) is 117 cm³/mol. The largest absolute Gasteiger partial charge is 0.342 e. The lowest BCUT2D eigenvalue weighted by Gasteiger charge is -2.19. The van der Waals surface area contributed by atoms with Crippen molar-refractivity contribution in [1.82, 2.24) is 14.4 Å². The van der Waals surface area contributed by atoms with E-state index in [0.29, 0.717) is 25.3 Å². The van der Waals surface area contributed by atoms with Crippen LogP contribution < -0.4 is 5.32 Å². The van der Waals surface area contributed by atoms with E-state index in [1.165, 1.54) is 17.0 Å². The van der Waals surface area contributed by atoms with Crippen molar-refractivity contribution in [2.45, 2.75) is 26.9 Å². The number of likely N-dealkylation sites (N-methyl/N-ethyl adjacent to an activating group) is 1. The minimum absolute atomic E-state index is 0.0808. The number of carbonyl (C=O) groups excluding carboxylic acids is 2. The molecule has 0 aliphatic rings. The Morgan fingerprint density at radius 3 is 2.40 bits per heavy atom. The Morgan fingerprint density at radius 1 is 1.03 bits per heavy atom. The number of nitrogens with one attached hydrogen (secondary N) is 1. The normalized spacial score (nSPS) is 10.8. The van der Waals surface area contributed by atoms with Crippen LogP contribution in [0.2, 0.25) is 0 Å². The molecule has 3 amide bonds. The molecule has 0 atom stereocenters. The van der Waals surface area contributed by atoms with E-state index in [2.05, 4.69) is 5.32 Å². The molecule has 0 bridgehead atoms. The van der Waals surface area contributed by atoms with Gasteiger partial charge in [-0.3, -0.25) is 4.79 Å². The zero-order valence-corrected chi connectivity index (χ0v) is 17.6. The second kappa shape index (κ2) is 9.43. The molecule has 7 heteroatoms. The van der Waals surface area contributed by atoms with Crippen molar-refractivity contribution < 1.29 is 14.0 Å². The Morgan fingerprint density at radius 2 is 1.73 bits per heavy atom. The maximum absolute atomic E-state index is 13.0. The van der Waals surface area contributed by atoms with E-state index < -0.39 is 0 Å². The van der Waals surface area contributed by atoms with E-state index in [9.17, 15) is 14.0 Å². The molecule has 0 saturated heterocycles. The fraction of sp³-hybridized carbons (Fsp3) is 0.304.